The van der Waals surface area contributed by atoms with E-state index in [1.807, 2.05) is 19.1 Å². The van der Waals surface area contributed by atoms with Crippen molar-refractivity contribution < 1.29 is 4.79 Å². The monoisotopic (exact) mass is 369 g/mol. The fourth-order valence-electron chi connectivity index (χ4n) is 2.99. The third-order valence-electron chi connectivity index (χ3n) is 4.49. The van der Waals surface area contributed by atoms with Crippen LogP contribution in [0.1, 0.15) is 11.1 Å². The first-order valence-electron chi connectivity index (χ1n) is 8.46. The molecule has 1 fully saturated rings. The number of amides is 1. The van der Waals surface area contributed by atoms with Gasteiger partial charge in [0.15, 0.2) is 0 Å². The molecular formula is C19H20ClN5O. The van der Waals surface area contributed by atoms with Crippen LogP contribution in [0.5, 0.6) is 0 Å². The summed E-state index contributed by atoms with van der Waals surface area (Å²) in [7, 11) is 0. The highest BCUT2D eigenvalue weighted by Crippen LogP contribution is 2.23. The Hall–Kier alpha value is -2.62. The van der Waals surface area contributed by atoms with Crippen LogP contribution in [-0.2, 0) is 4.79 Å². The smallest absolute Gasteiger partial charge is 0.238 e. The van der Waals surface area contributed by atoms with Crippen molar-refractivity contribution >= 4 is 29.0 Å². The maximum atomic E-state index is 12.3. The SMILES string of the molecule is Cc1c(Cl)cccc1NC(=O)CN1CCN(c2ncccc2C#N)CC1. The van der Waals surface area contributed by atoms with E-state index in [1.54, 1.807) is 24.4 Å². The van der Waals surface area contributed by atoms with Crippen LogP contribution in [0.25, 0.3) is 0 Å². The minimum Gasteiger partial charge on any atom is -0.353 e. The molecule has 1 aliphatic rings. The number of anilines is 2. The molecule has 0 spiro atoms. The van der Waals surface area contributed by atoms with Gasteiger partial charge in [-0.05, 0) is 36.8 Å². The fourth-order valence-corrected chi connectivity index (χ4v) is 3.16. The highest BCUT2D eigenvalue weighted by molar-refractivity contribution is 6.31. The Balaban J connectivity index is 1.55. The number of piperazine rings is 1. The van der Waals surface area contributed by atoms with E-state index in [2.05, 4.69) is 26.2 Å². The Labute approximate surface area is 158 Å². The van der Waals surface area contributed by atoms with Crippen molar-refractivity contribution in [1.82, 2.24) is 9.88 Å². The highest BCUT2D eigenvalue weighted by Gasteiger charge is 2.21. The van der Waals surface area contributed by atoms with Gasteiger partial charge in [-0.2, -0.15) is 5.26 Å². The van der Waals surface area contributed by atoms with Crippen LogP contribution < -0.4 is 10.2 Å². The predicted molar refractivity (Wildman–Crippen MR) is 102 cm³/mol. The third-order valence-corrected chi connectivity index (χ3v) is 4.90. The van der Waals surface area contributed by atoms with Gasteiger partial charge in [0.05, 0.1) is 12.1 Å². The van der Waals surface area contributed by atoms with Crippen molar-refractivity contribution in [1.29, 1.82) is 5.26 Å². The Kier molecular flexibility index (Phi) is 5.71. The number of nitrogens with one attached hydrogen (secondary N) is 1. The van der Waals surface area contributed by atoms with Crippen LogP contribution in [0.2, 0.25) is 5.02 Å². The molecule has 0 atom stereocenters. The van der Waals surface area contributed by atoms with Gasteiger partial charge in [0.1, 0.15) is 11.9 Å². The first-order chi connectivity index (χ1) is 12.6. The molecule has 0 saturated carbocycles. The van der Waals surface area contributed by atoms with Crippen LogP contribution in [0.15, 0.2) is 36.5 Å². The Morgan fingerprint density at radius 2 is 2.04 bits per heavy atom. The van der Waals surface area contributed by atoms with Crippen LogP contribution in [0.4, 0.5) is 11.5 Å². The second-order valence-electron chi connectivity index (χ2n) is 6.21. The van der Waals surface area contributed by atoms with Gasteiger partial charge in [-0.25, -0.2) is 4.98 Å². The number of nitrogens with zero attached hydrogens (tertiary/aromatic N) is 4. The first kappa shape index (κ1) is 18.2. The van der Waals surface area contributed by atoms with Gasteiger partial charge in [-0.1, -0.05) is 17.7 Å². The molecule has 3 rings (SSSR count). The van der Waals surface area contributed by atoms with E-state index >= 15 is 0 Å². The Morgan fingerprint density at radius 3 is 2.77 bits per heavy atom. The molecule has 0 aliphatic carbocycles. The highest BCUT2D eigenvalue weighted by atomic mass is 35.5. The summed E-state index contributed by atoms with van der Waals surface area (Å²) in [5.74, 6) is 0.660. The lowest BCUT2D eigenvalue weighted by Gasteiger charge is -2.35. The molecule has 7 heteroatoms. The van der Waals surface area contributed by atoms with Crippen LogP contribution in [0.3, 0.4) is 0 Å². The molecule has 6 nitrogen and oxygen atoms in total. The minimum absolute atomic E-state index is 0.0561. The number of hydrogen-bond donors (Lipinski definition) is 1. The van der Waals surface area contributed by atoms with Crippen molar-refractivity contribution in [3.8, 4) is 6.07 Å². The molecule has 1 N–H and O–H groups in total. The summed E-state index contributed by atoms with van der Waals surface area (Å²) < 4.78 is 0. The maximum Gasteiger partial charge on any atom is 0.238 e. The van der Waals surface area contributed by atoms with Gasteiger partial charge in [-0.15, -0.1) is 0 Å². The molecule has 0 bridgehead atoms. The zero-order valence-electron chi connectivity index (χ0n) is 14.6. The summed E-state index contributed by atoms with van der Waals surface area (Å²) >= 11 is 6.09. The number of halogens is 1. The maximum absolute atomic E-state index is 12.3. The van der Waals surface area contributed by atoms with Gasteiger partial charge in [-0.3, -0.25) is 9.69 Å². The predicted octanol–water partition coefficient (Wildman–Crippen LogP) is 2.68. The van der Waals surface area contributed by atoms with Crippen LogP contribution in [0, 0.1) is 18.3 Å². The normalized spacial score (nSPS) is 14.7. The average Bonchev–Trinajstić information content (AvgIpc) is 2.66. The molecule has 0 radical (unpaired) electrons. The molecule has 1 saturated heterocycles. The number of benzene rings is 1. The van der Waals surface area contributed by atoms with Gasteiger partial charge in [0, 0.05) is 43.1 Å². The molecule has 1 aromatic carbocycles. The molecular weight excluding hydrogens is 350 g/mol. The largest absolute Gasteiger partial charge is 0.353 e. The van der Waals surface area contributed by atoms with E-state index in [9.17, 15) is 10.1 Å². The number of nitriles is 1. The summed E-state index contributed by atoms with van der Waals surface area (Å²) in [5.41, 5.74) is 2.19. The lowest BCUT2D eigenvalue weighted by atomic mass is 10.2. The fraction of sp³-hybridized carbons (Fsp3) is 0.316. The van der Waals surface area contributed by atoms with Crippen molar-refractivity contribution in [2.24, 2.45) is 0 Å². The first-order valence-corrected chi connectivity index (χ1v) is 8.83. The second kappa shape index (κ2) is 8.17. The molecule has 1 aromatic heterocycles. The van der Waals surface area contributed by atoms with E-state index in [0.29, 0.717) is 22.9 Å². The van der Waals surface area contributed by atoms with E-state index in [4.69, 9.17) is 11.6 Å². The van der Waals surface area contributed by atoms with Gasteiger partial charge >= 0.3 is 0 Å². The zero-order valence-corrected chi connectivity index (χ0v) is 15.3. The molecule has 2 heterocycles. The summed E-state index contributed by atoms with van der Waals surface area (Å²) in [4.78, 5) is 20.8. The number of hydrogen-bond acceptors (Lipinski definition) is 5. The number of aromatic nitrogens is 1. The lowest BCUT2D eigenvalue weighted by Crippen LogP contribution is -2.49. The van der Waals surface area contributed by atoms with E-state index in [1.165, 1.54) is 0 Å². The molecule has 1 amide bonds. The molecule has 134 valence electrons. The van der Waals surface area contributed by atoms with Gasteiger partial charge < -0.3 is 10.2 Å². The van der Waals surface area contributed by atoms with Gasteiger partial charge in [0.25, 0.3) is 0 Å². The lowest BCUT2D eigenvalue weighted by molar-refractivity contribution is -0.117. The standard InChI is InChI=1S/C19H20ClN5O/c1-14-16(20)5-2-6-17(14)23-18(26)13-24-8-10-25(11-9-24)19-15(12-21)4-3-7-22-19/h2-7H,8-11,13H2,1H3,(H,23,26). The quantitative estimate of drug-likeness (QED) is 0.897. The van der Waals surface area contributed by atoms with Crippen molar-refractivity contribution in [3.05, 3.63) is 52.7 Å². The third kappa shape index (κ3) is 4.13. The number of carbonyl (C=O) groups is 1. The van der Waals surface area contributed by atoms with Gasteiger partial charge in [0.2, 0.25) is 5.91 Å². The Bertz CT molecular complexity index is 840. The zero-order chi connectivity index (χ0) is 18.5. The molecule has 2 aromatic rings. The molecule has 0 unspecified atom stereocenters. The second-order valence-corrected chi connectivity index (χ2v) is 6.62. The average molecular weight is 370 g/mol. The summed E-state index contributed by atoms with van der Waals surface area (Å²) in [6.45, 7) is 5.15. The van der Waals surface area contributed by atoms with Crippen molar-refractivity contribution in [3.63, 3.8) is 0 Å². The van der Waals surface area contributed by atoms with Crippen LogP contribution >= 0.6 is 11.6 Å². The Morgan fingerprint density at radius 1 is 1.27 bits per heavy atom. The van der Waals surface area contributed by atoms with E-state index in [-0.39, 0.29) is 5.91 Å². The summed E-state index contributed by atoms with van der Waals surface area (Å²) in [6, 6.07) is 11.2. The minimum atomic E-state index is -0.0561. The number of rotatable bonds is 4. The van der Waals surface area contributed by atoms with E-state index in [0.717, 1.165) is 37.4 Å². The van der Waals surface area contributed by atoms with E-state index < -0.39 is 0 Å². The number of pyridine rings is 1. The van der Waals surface area contributed by atoms with Crippen LogP contribution in [-0.4, -0.2) is 48.5 Å². The molecule has 1 aliphatic heterocycles. The van der Waals surface area contributed by atoms with Crippen molar-refractivity contribution in [2.45, 2.75) is 6.92 Å². The van der Waals surface area contributed by atoms with Crippen molar-refractivity contribution in [2.75, 3.05) is 42.9 Å². The summed E-state index contributed by atoms with van der Waals surface area (Å²) in [6.07, 6.45) is 1.70. The number of carbonyl (C=O) groups excluding carboxylic acids is 1. The topological polar surface area (TPSA) is 72.3 Å². The molecule has 26 heavy (non-hydrogen) atoms. The summed E-state index contributed by atoms with van der Waals surface area (Å²) in [5, 5.41) is 12.8.